The summed E-state index contributed by atoms with van der Waals surface area (Å²) in [5.74, 6) is -0.866. The van der Waals surface area contributed by atoms with Crippen molar-refractivity contribution in [1.82, 2.24) is 15.5 Å². The number of nitrogens with zero attached hydrogens (tertiary/aromatic N) is 1. The molecular formula is C20H25BrN4O4. The summed E-state index contributed by atoms with van der Waals surface area (Å²) >= 11 is 3.44. The van der Waals surface area contributed by atoms with Gasteiger partial charge in [0.2, 0.25) is 5.91 Å². The highest BCUT2D eigenvalue weighted by atomic mass is 79.9. The van der Waals surface area contributed by atoms with E-state index in [9.17, 15) is 14.4 Å². The molecule has 2 heterocycles. The van der Waals surface area contributed by atoms with Crippen LogP contribution in [-0.4, -0.2) is 49.0 Å². The first-order valence-electron chi connectivity index (χ1n) is 9.63. The van der Waals surface area contributed by atoms with Gasteiger partial charge in [0.1, 0.15) is 0 Å². The molecule has 0 unspecified atom stereocenters. The number of esters is 1. The van der Waals surface area contributed by atoms with Crippen molar-refractivity contribution in [3.8, 4) is 0 Å². The molecule has 156 valence electrons. The van der Waals surface area contributed by atoms with Gasteiger partial charge in [-0.25, -0.2) is 9.59 Å². The minimum absolute atomic E-state index is 0.123. The van der Waals surface area contributed by atoms with Crippen molar-refractivity contribution in [1.29, 1.82) is 0 Å². The molecule has 1 aromatic carbocycles. The third kappa shape index (κ3) is 5.16. The molecule has 8 nitrogen and oxygen atoms in total. The molecule has 0 bridgehead atoms. The van der Waals surface area contributed by atoms with Crippen molar-refractivity contribution in [2.45, 2.75) is 25.8 Å². The number of amides is 3. The van der Waals surface area contributed by atoms with Crippen molar-refractivity contribution in [3.63, 3.8) is 0 Å². The van der Waals surface area contributed by atoms with Gasteiger partial charge >= 0.3 is 12.0 Å². The van der Waals surface area contributed by atoms with Gasteiger partial charge in [-0.2, -0.15) is 0 Å². The first-order chi connectivity index (χ1) is 13.9. The summed E-state index contributed by atoms with van der Waals surface area (Å²) in [5.41, 5.74) is 7.10. The number of likely N-dealkylation sites (tertiary alicyclic amines) is 1. The molecule has 0 spiro atoms. The number of carbonyl (C=O) groups excluding carboxylic acids is 3. The van der Waals surface area contributed by atoms with Crippen molar-refractivity contribution in [2.75, 3.05) is 26.2 Å². The highest BCUT2D eigenvalue weighted by molar-refractivity contribution is 9.10. The van der Waals surface area contributed by atoms with Crippen LogP contribution in [-0.2, 0) is 14.3 Å². The first kappa shape index (κ1) is 21.3. The molecule has 2 aliphatic rings. The van der Waals surface area contributed by atoms with Gasteiger partial charge in [-0.05, 0) is 50.6 Å². The number of hydrogen-bond acceptors (Lipinski definition) is 5. The molecule has 29 heavy (non-hydrogen) atoms. The van der Waals surface area contributed by atoms with Crippen LogP contribution in [0.3, 0.4) is 0 Å². The SMILES string of the molecule is CCOC(=O)C1=C(CN2CCC(C(N)=O)CC2)NC(=O)N[C@H]1c1cccc(Br)c1. The lowest BCUT2D eigenvalue weighted by atomic mass is 9.93. The van der Waals surface area contributed by atoms with Gasteiger partial charge in [0.25, 0.3) is 0 Å². The summed E-state index contributed by atoms with van der Waals surface area (Å²) in [7, 11) is 0. The molecule has 1 saturated heterocycles. The average Bonchev–Trinajstić information content (AvgIpc) is 2.68. The van der Waals surface area contributed by atoms with Gasteiger partial charge in [-0.1, -0.05) is 28.1 Å². The van der Waals surface area contributed by atoms with Crippen LogP contribution in [0.5, 0.6) is 0 Å². The molecule has 0 saturated carbocycles. The zero-order valence-electron chi connectivity index (χ0n) is 16.2. The quantitative estimate of drug-likeness (QED) is 0.555. The Bertz CT molecular complexity index is 834. The number of halogens is 1. The van der Waals surface area contributed by atoms with Crippen LogP contribution in [0.4, 0.5) is 4.79 Å². The molecule has 3 rings (SSSR count). The zero-order valence-corrected chi connectivity index (χ0v) is 17.8. The molecular weight excluding hydrogens is 440 g/mol. The molecule has 0 radical (unpaired) electrons. The molecule has 4 N–H and O–H groups in total. The predicted octanol–water partition coefficient (Wildman–Crippen LogP) is 1.82. The average molecular weight is 465 g/mol. The Kier molecular flexibility index (Phi) is 6.92. The number of primary amides is 1. The number of benzene rings is 1. The number of nitrogens with two attached hydrogens (primary N) is 1. The Morgan fingerprint density at radius 2 is 2.03 bits per heavy atom. The van der Waals surface area contributed by atoms with E-state index in [0.717, 1.165) is 10.0 Å². The Balaban J connectivity index is 1.90. The van der Waals surface area contributed by atoms with Gasteiger partial charge in [-0.3, -0.25) is 9.69 Å². The topological polar surface area (TPSA) is 114 Å². The molecule has 3 amide bonds. The normalized spacial score (nSPS) is 20.8. The van der Waals surface area contributed by atoms with Crippen molar-refractivity contribution >= 4 is 33.8 Å². The lowest BCUT2D eigenvalue weighted by Gasteiger charge is -2.34. The van der Waals surface area contributed by atoms with Crippen molar-refractivity contribution in [2.24, 2.45) is 11.7 Å². The standard InChI is InChI=1S/C20H25BrN4O4/c1-2-29-19(27)16-15(11-25-8-6-12(7-9-25)18(22)26)23-20(28)24-17(16)13-4-3-5-14(21)10-13/h3-5,10,12,17H,2,6-9,11H2,1H3,(H2,22,26)(H2,23,24,28)/t17-/m0/s1. The molecule has 1 aromatic rings. The van der Waals surface area contributed by atoms with Crippen LogP contribution < -0.4 is 16.4 Å². The van der Waals surface area contributed by atoms with Crippen LogP contribution in [0.25, 0.3) is 0 Å². The summed E-state index contributed by atoms with van der Waals surface area (Å²) in [5, 5.41) is 5.61. The van der Waals surface area contributed by atoms with Gasteiger partial charge in [0.05, 0.1) is 18.2 Å². The maximum atomic E-state index is 12.8. The third-order valence-electron chi connectivity index (χ3n) is 5.20. The maximum absolute atomic E-state index is 12.8. The fraction of sp³-hybridized carbons (Fsp3) is 0.450. The summed E-state index contributed by atoms with van der Waals surface area (Å²) in [6.45, 7) is 3.70. The Morgan fingerprint density at radius 1 is 1.31 bits per heavy atom. The second-order valence-corrected chi connectivity index (χ2v) is 8.07. The van der Waals surface area contributed by atoms with Gasteiger partial charge in [0.15, 0.2) is 0 Å². The molecule has 0 aliphatic carbocycles. The monoisotopic (exact) mass is 464 g/mol. The number of ether oxygens (including phenoxy) is 1. The van der Waals surface area contributed by atoms with Gasteiger partial charge in [-0.15, -0.1) is 0 Å². The molecule has 9 heteroatoms. The van der Waals surface area contributed by atoms with E-state index in [4.69, 9.17) is 10.5 Å². The van der Waals surface area contributed by atoms with Crippen LogP contribution in [0.2, 0.25) is 0 Å². The molecule has 1 fully saturated rings. The molecule has 2 aliphatic heterocycles. The van der Waals surface area contributed by atoms with E-state index in [1.54, 1.807) is 6.92 Å². The number of carbonyl (C=O) groups is 3. The van der Waals surface area contributed by atoms with Crippen molar-refractivity contribution in [3.05, 3.63) is 45.6 Å². The van der Waals surface area contributed by atoms with Crippen LogP contribution >= 0.6 is 15.9 Å². The van der Waals surface area contributed by atoms with E-state index in [1.165, 1.54) is 0 Å². The first-order valence-corrected chi connectivity index (χ1v) is 10.4. The summed E-state index contributed by atoms with van der Waals surface area (Å²) in [4.78, 5) is 38.7. The van der Waals surface area contributed by atoms with E-state index in [-0.39, 0.29) is 24.5 Å². The third-order valence-corrected chi connectivity index (χ3v) is 5.70. The van der Waals surface area contributed by atoms with Crippen LogP contribution in [0, 0.1) is 5.92 Å². The zero-order chi connectivity index (χ0) is 21.0. The second-order valence-electron chi connectivity index (χ2n) is 7.15. The Hall–Kier alpha value is -2.39. The molecule has 1 atom stereocenters. The lowest BCUT2D eigenvalue weighted by Crippen LogP contribution is -2.49. The van der Waals surface area contributed by atoms with Gasteiger partial charge < -0.3 is 21.1 Å². The number of piperidine rings is 1. The largest absolute Gasteiger partial charge is 0.463 e. The summed E-state index contributed by atoms with van der Waals surface area (Å²) in [6, 6.07) is 6.47. The lowest BCUT2D eigenvalue weighted by molar-refractivity contribution is -0.139. The Labute approximate surface area is 178 Å². The fourth-order valence-corrected chi connectivity index (χ4v) is 4.14. The second kappa shape index (κ2) is 9.41. The van der Waals surface area contributed by atoms with Crippen LogP contribution in [0.1, 0.15) is 31.4 Å². The summed E-state index contributed by atoms with van der Waals surface area (Å²) in [6.07, 6.45) is 1.33. The highest BCUT2D eigenvalue weighted by Gasteiger charge is 2.35. The van der Waals surface area contributed by atoms with E-state index in [0.29, 0.717) is 43.7 Å². The Morgan fingerprint density at radius 3 is 2.66 bits per heavy atom. The minimum Gasteiger partial charge on any atom is -0.463 e. The number of urea groups is 1. The predicted molar refractivity (Wildman–Crippen MR) is 111 cm³/mol. The van der Waals surface area contributed by atoms with Gasteiger partial charge in [0, 0.05) is 22.6 Å². The number of nitrogens with one attached hydrogen (secondary N) is 2. The minimum atomic E-state index is -0.613. The van der Waals surface area contributed by atoms with E-state index < -0.39 is 12.0 Å². The van der Waals surface area contributed by atoms with Crippen molar-refractivity contribution < 1.29 is 19.1 Å². The van der Waals surface area contributed by atoms with E-state index >= 15 is 0 Å². The summed E-state index contributed by atoms with van der Waals surface area (Å²) < 4.78 is 6.14. The molecule has 0 aromatic heterocycles. The fourth-order valence-electron chi connectivity index (χ4n) is 3.73. The highest BCUT2D eigenvalue weighted by Crippen LogP contribution is 2.30. The van der Waals surface area contributed by atoms with E-state index in [2.05, 4.69) is 31.5 Å². The number of hydrogen-bond donors (Lipinski definition) is 3. The van der Waals surface area contributed by atoms with Crippen LogP contribution in [0.15, 0.2) is 40.0 Å². The smallest absolute Gasteiger partial charge is 0.338 e. The van der Waals surface area contributed by atoms with E-state index in [1.807, 2.05) is 24.3 Å². The maximum Gasteiger partial charge on any atom is 0.338 e. The number of rotatable bonds is 6.